The standard InChI is InChI=1S/C9H11NO3.HI3/c10-8(9(12)13)5-6-1-3-7(11)4-2-6;1-3-2/h1-4,8,11H,5,10H2,(H,12,13);3H. The minimum Gasteiger partial charge on any atom is -0.508 e. The zero-order chi connectivity index (χ0) is 12.6. The van der Waals surface area contributed by atoms with E-state index in [1.165, 1.54) is 12.1 Å². The molecule has 0 fully saturated rings. The van der Waals surface area contributed by atoms with E-state index in [1.807, 2.05) is 0 Å². The van der Waals surface area contributed by atoms with Crippen LogP contribution in [0.4, 0.5) is 0 Å². The smallest absolute Gasteiger partial charge is 0.320 e. The number of phenols is 1. The second-order valence-corrected chi connectivity index (χ2v) is 20.4. The van der Waals surface area contributed by atoms with E-state index in [0.717, 1.165) is 5.56 Å². The molecule has 4 N–H and O–H groups in total. The fourth-order valence-corrected chi connectivity index (χ4v) is 0.973. The predicted octanol–water partition coefficient (Wildman–Crippen LogP) is 2.74. The van der Waals surface area contributed by atoms with Crippen LogP contribution in [0, 0.1) is 0 Å². The van der Waals surface area contributed by atoms with Gasteiger partial charge in [-0.15, -0.1) is 0 Å². The van der Waals surface area contributed by atoms with Crippen LogP contribution in [0.25, 0.3) is 0 Å². The minimum atomic E-state index is -1.02. The van der Waals surface area contributed by atoms with Gasteiger partial charge in [-0.05, 0) is 24.1 Å². The Balaban J connectivity index is 0.000000673. The third-order valence-electron chi connectivity index (χ3n) is 1.71. The van der Waals surface area contributed by atoms with Crippen molar-refractivity contribution in [3.63, 3.8) is 0 Å². The Morgan fingerprint density at radius 3 is 2.19 bits per heavy atom. The molecule has 0 aliphatic heterocycles. The molecule has 0 saturated heterocycles. The Labute approximate surface area is 124 Å². The van der Waals surface area contributed by atoms with Crippen molar-refractivity contribution in [3.8, 4) is 5.75 Å². The van der Waals surface area contributed by atoms with Gasteiger partial charge in [-0.1, -0.05) is 12.1 Å². The normalized spacial score (nSPS) is 11.4. The number of hydrogen-bond acceptors (Lipinski definition) is 3. The van der Waals surface area contributed by atoms with Crippen LogP contribution in [-0.2, 0) is 11.2 Å². The molecule has 16 heavy (non-hydrogen) atoms. The van der Waals surface area contributed by atoms with Crippen LogP contribution in [0.3, 0.4) is 0 Å². The van der Waals surface area contributed by atoms with Gasteiger partial charge in [0, 0.05) is 0 Å². The second-order valence-electron chi connectivity index (χ2n) is 2.87. The van der Waals surface area contributed by atoms with Gasteiger partial charge < -0.3 is 15.9 Å². The van der Waals surface area contributed by atoms with Crippen LogP contribution in [0.1, 0.15) is 5.56 Å². The van der Waals surface area contributed by atoms with Crippen LogP contribution in [0.15, 0.2) is 24.3 Å². The SMILES string of the molecule is I[IH]I.NC(Cc1ccc(O)cc1)C(=O)O. The molecule has 0 spiro atoms. The molecule has 1 aromatic carbocycles. The maximum atomic E-state index is 10.4. The summed E-state index contributed by atoms with van der Waals surface area (Å²) in [6.45, 7) is 0. The van der Waals surface area contributed by atoms with Crippen LogP contribution in [0.2, 0.25) is 0 Å². The van der Waals surface area contributed by atoms with Gasteiger partial charge in [-0.3, -0.25) is 4.79 Å². The quantitative estimate of drug-likeness (QED) is 0.495. The molecule has 1 atom stereocenters. The predicted molar refractivity (Wildman–Crippen MR) is 90.9 cm³/mol. The molecule has 1 unspecified atom stereocenters. The summed E-state index contributed by atoms with van der Waals surface area (Å²) in [4.78, 5) is 10.4. The van der Waals surface area contributed by atoms with Gasteiger partial charge in [0.15, 0.2) is 0 Å². The molecular weight excluding hydrogens is 551 g/mol. The number of nitrogens with two attached hydrogens (primary N) is 1. The fourth-order valence-electron chi connectivity index (χ4n) is 0.973. The Bertz CT molecular complexity index is 318. The first-order chi connectivity index (χ1) is 7.51. The number of aliphatic carboxylic acids is 1. The summed E-state index contributed by atoms with van der Waals surface area (Å²) in [5, 5.41) is 17.5. The van der Waals surface area contributed by atoms with Crippen molar-refractivity contribution < 1.29 is 15.0 Å². The Morgan fingerprint density at radius 2 is 1.81 bits per heavy atom. The Hall–Kier alpha value is 0.640. The molecule has 7 heteroatoms. The largest absolute Gasteiger partial charge is 0.508 e. The van der Waals surface area contributed by atoms with E-state index in [2.05, 4.69) is 37.2 Å². The van der Waals surface area contributed by atoms with Gasteiger partial charge in [0.05, 0.1) is 0 Å². The van der Waals surface area contributed by atoms with Gasteiger partial charge in [0.1, 0.15) is 11.8 Å². The number of benzene rings is 1. The first-order valence-electron chi connectivity index (χ1n) is 4.17. The number of halogens is 3. The van der Waals surface area contributed by atoms with E-state index in [1.54, 1.807) is 12.1 Å². The molecule has 0 aliphatic rings. The third kappa shape index (κ3) is 7.84. The van der Waals surface area contributed by atoms with Crippen LogP contribution in [0.5, 0.6) is 5.75 Å². The second kappa shape index (κ2) is 9.65. The molecule has 92 valence electrons. The summed E-state index contributed by atoms with van der Waals surface area (Å²) in [5.74, 6) is -0.860. The van der Waals surface area contributed by atoms with Gasteiger partial charge in [0.25, 0.3) is 0 Å². The first kappa shape index (κ1) is 16.6. The van der Waals surface area contributed by atoms with Crippen molar-refractivity contribution in [2.24, 2.45) is 5.73 Å². The summed E-state index contributed by atoms with van der Waals surface area (Å²) < 4.78 is 0. The average molecular weight is 563 g/mol. The zero-order valence-corrected chi connectivity index (χ0v) is 14.8. The maximum Gasteiger partial charge on any atom is 0.320 e. The van der Waals surface area contributed by atoms with Crippen molar-refractivity contribution in [1.82, 2.24) is 0 Å². The van der Waals surface area contributed by atoms with Crippen molar-refractivity contribution in [3.05, 3.63) is 29.8 Å². The molecule has 0 aliphatic carbocycles. The molecular formula is C9H12I3NO3. The summed E-state index contributed by atoms with van der Waals surface area (Å²) in [7, 11) is 0. The van der Waals surface area contributed by atoms with Crippen LogP contribution in [-0.4, -0.2) is 22.2 Å². The minimum absolute atomic E-state index is 0.160. The number of aromatic hydroxyl groups is 1. The number of rotatable bonds is 3. The van der Waals surface area contributed by atoms with Crippen molar-refractivity contribution in [2.75, 3.05) is 0 Å². The summed E-state index contributed by atoms with van der Waals surface area (Å²) >= 11 is 5.22. The molecule has 1 rings (SSSR count). The maximum absolute atomic E-state index is 10.4. The number of carboxylic acid groups (broad SMARTS) is 1. The fraction of sp³-hybridized carbons (Fsp3) is 0.222. The molecule has 1 aromatic rings. The molecule has 0 heterocycles. The molecule has 0 radical (unpaired) electrons. The zero-order valence-electron chi connectivity index (χ0n) is 8.14. The average Bonchev–Trinajstić information content (AvgIpc) is 2.22. The molecule has 0 bridgehead atoms. The van der Waals surface area contributed by atoms with Crippen molar-refractivity contribution in [1.29, 1.82) is 0 Å². The number of carbonyl (C=O) groups is 1. The molecule has 0 amide bonds. The Morgan fingerprint density at radius 1 is 1.38 bits per heavy atom. The van der Waals surface area contributed by atoms with Gasteiger partial charge in [-0.25, -0.2) is 0 Å². The molecule has 0 saturated carbocycles. The van der Waals surface area contributed by atoms with E-state index in [9.17, 15) is 4.79 Å². The van der Waals surface area contributed by atoms with Gasteiger partial charge >= 0.3 is 56.5 Å². The monoisotopic (exact) mass is 563 g/mol. The van der Waals surface area contributed by atoms with E-state index >= 15 is 0 Å². The number of phenolic OH excluding ortho intramolecular Hbond substituents is 1. The van der Waals surface area contributed by atoms with E-state index in [-0.39, 0.29) is 12.2 Å². The molecule has 4 nitrogen and oxygen atoms in total. The van der Waals surface area contributed by atoms with Crippen LogP contribution >= 0.6 is 50.5 Å². The topological polar surface area (TPSA) is 83.5 Å². The summed E-state index contributed by atoms with van der Waals surface area (Å²) in [5.41, 5.74) is 6.12. The number of carboxylic acids is 1. The number of hydrogen-bond donors (Lipinski definition) is 3. The first-order valence-corrected chi connectivity index (χ1v) is 17.7. The van der Waals surface area contributed by atoms with E-state index in [0.29, 0.717) is 13.3 Å². The molecule has 0 aromatic heterocycles. The van der Waals surface area contributed by atoms with Gasteiger partial charge in [-0.2, -0.15) is 0 Å². The van der Waals surface area contributed by atoms with E-state index < -0.39 is 12.0 Å². The van der Waals surface area contributed by atoms with Crippen molar-refractivity contribution >= 4 is 56.5 Å². The van der Waals surface area contributed by atoms with Gasteiger partial charge in [0.2, 0.25) is 0 Å². The van der Waals surface area contributed by atoms with Crippen molar-refractivity contribution in [2.45, 2.75) is 12.5 Å². The third-order valence-corrected chi connectivity index (χ3v) is 1.71. The summed E-state index contributed by atoms with van der Waals surface area (Å²) in [6, 6.07) is 5.42. The Kier molecular flexibility index (Phi) is 10.0. The van der Waals surface area contributed by atoms with Crippen LogP contribution < -0.4 is 5.73 Å². The van der Waals surface area contributed by atoms with E-state index in [4.69, 9.17) is 15.9 Å². The summed E-state index contributed by atoms with van der Waals surface area (Å²) in [6.07, 6.45) is 0.273.